The van der Waals surface area contributed by atoms with Crippen LogP contribution >= 0.6 is 0 Å². The van der Waals surface area contributed by atoms with Crippen LogP contribution in [0.15, 0.2) is 54.7 Å². The highest BCUT2D eigenvalue weighted by Crippen LogP contribution is 2.36. The van der Waals surface area contributed by atoms with Crippen molar-refractivity contribution in [1.29, 1.82) is 0 Å². The Kier molecular flexibility index (Phi) is 7.13. The Labute approximate surface area is 187 Å². The number of halogens is 1. The molecule has 3 rings (SSSR count). The normalized spacial score (nSPS) is 11.3. The van der Waals surface area contributed by atoms with Gasteiger partial charge in [0, 0.05) is 24.2 Å². The standard InChI is InChI=1S/C26H28FNO4/c1-26(2,3)22-13-18(5-8-20(22)21-15-19(31-4)7-9-23(21)27)16-32-24-14-17(11-12-28-24)6-10-25(29)30/h5,7-9,11-15H,6,10,16H2,1-4H3,(H,29,30). The van der Waals surface area contributed by atoms with Gasteiger partial charge in [-0.15, -0.1) is 0 Å². The number of hydrogen-bond donors (Lipinski definition) is 1. The van der Waals surface area contributed by atoms with E-state index in [9.17, 15) is 9.18 Å². The maximum atomic E-state index is 14.7. The Morgan fingerprint density at radius 2 is 1.81 bits per heavy atom. The van der Waals surface area contributed by atoms with Gasteiger partial charge in [-0.2, -0.15) is 0 Å². The van der Waals surface area contributed by atoms with Crippen molar-refractivity contribution in [3.63, 3.8) is 0 Å². The average Bonchev–Trinajstić information content (AvgIpc) is 2.76. The van der Waals surface area contributed by atoms with Gasteiger partial charge < -0.3 is 14.6 Å². The quantitative estimate of drug-likeness (QED) is 0.483. The van der Waals surface area contributed by atoms with Gasteiger partial charge >= 0.3 is 5.97 Å². The van der Waals surface area contributed by atoms with Crippen molar-refractivity contribution in [3.8, 4) is 22.8 Å². The summed E-state index contributed by atoms with van der Waals surface area (Å²) in [6.45, 7) is 6.55. The number of hydrogen-bond acceptors (Lipinski definition) is 4. The maximum absolute atomic E-state index is 14.7. The number of rotatable bonds is 8. The molecular formula is C26H28FNO4. The molecule has 0 amide bonds. The number of pyridine rings is 1. The molecule has 5 nitrogen and oxygen atoms in total. The number of aromatic nitrogens is 1. The van der Waals surface area contributed by atoms with E-state index in [0.717, 1.165) is 22.3 Å². The van der Waals surface area contributed by atoms with Crippen LogP contribution in [0.3, 0.4) is 0 Å². The van der Waals surface area contributed by atoms with E-state index in [1.807, 2.05) is 18.2 Å². The second kappa shape index (κ2) is 9.81. The molecule has 0 atom stereocenters. The number of carboxylic acids is 1. The van der Waals surface area contributed by atoms with Crippen molar-refractivity contribution in [1.82, 2.24) is 4.98 Å². The highest BCUT2D eigenvalue weighted by Gasteiger charge is 2.21. The van der Waals surface area contributed by atoms with E-state index in [1.54, 1.807) is 37.6 Å². The van der Waals surface area contributed by atoms with Gasteiger partial charge in [0.05, 0.1) is 7.11 Å². The van der Waals surface area contributed by atoms with Gasteiger partial charge in [-0.1, -0.05) is 39.0 Å². The molecule has 32 heavy (non-hydrogen) atoms. The van der Waals surface area contributed by atoms with Crippen molar-refractivity contribution < 1.29 is 23.8 Å². The first kappa shape index (κ1) is 23.3. The van der Waals surface area contributed by atoms with Crippen LogP contribution in [0.2, 0.25) is 0 Å². The van der Waals surface area contributed by atoms with E-state index in [4.69, 9.17) is 14.6 Å². The summed E-state index contributed by atoms with van der Waals surface area (Å²) in [5.41, 5.74) is 3.86. The zero-order chi connectivity index (χ0) is 23.3. The lowest BCUT2D eigenvalue weighted by atomic mass is 9.81. The Morgan fingerprint density at radius 1 is 1.03 bits per heavy atom. The third kappa shape index (κ3) is 5.84. The topological polar surface area (TPSA) is 68.7 Å². The van der Waals surface area contributed by atoms with Crippen molar-refractivity contribution in [2.45, 2.75) is 45.6 Å². The molecule has 0 unspecified atom stereocenters. The zero-order valence-electron chi connectivity index (χ0n) is 18.8. The molecule has 6 heteroatoms. The number of benzene rings is 2. The van der Waals surface area contributed by atoms with Gasteiger partial charge in [0.1, 0.15) is 18.2 Å². The first-order chi connectivity index (χ1) is 15.2. The van der Waals surface area contributed by atoms with E-state index in [1.165, 1.54) is 6.07 Å². The lowest BCUT2D eigenvalue weighted by Crippen LogP contribution is -2.14. The van der Waals surface area contributed by atoms with Gasteiger partial charge in [-0.05, 0) is 58.4 Å². The minimum absolute atomic E-state index is 0.0562. The molecule has 1 heterocycles. The molecule has 0 bridgehead atoms. The van der Waals surface area contributed by atoms with Crippen LogP contribution in [0, 0.1) is 5.82 Å². The number of nitrogens with zero attached hydrogens (tertiary/aromatic N) is 1. The van der Waals surface area contributed by atoms with E-state index < -0.39 is 5.97 Å². The molecule has 0 saturated carbocycles. The molecule has 1 aromatic heterocycles. The fourth-order valence-corrected chi connectivity index (χ4v) is 3.47. The summed E-state index contributed by atoms with van der Waals surface area (Å²) in [5.74, 6) is -0.107. The minimum Gasteiger partial charge on any atom is -0.497 e. The van der Waals surface area contributed by atoms with Gasteiger partial charge in [-0.25, -0.2) is 9.37 Å². The number of carboxylic acid groups (broad SMARTS) is 1. The molecule has 0 saturated heterocycles. The van der Waals surface area contributed by atoms with Gasteiger partial charge in [-0.3, -0.25) is 4.79 Å². The molecule has 1 N–H and O–H groups in total. The number of carbonyl (C=O) groups is 1. The summed E-state index contributed by atoms with van der Waals surface area (Å²) in [7, 11) is 1.56. The van der Waals surface area contributed by atoms with Crippen LogP contribution in [0.25, 0.3) is 11.1 Å². The predicted molar refractivity (Wildman–Crippen MR) is 122 cm³/mol. The molecule has 0 radical (unpaired) electrons. The molecule has 2 aromatic carbocycles. The van der Waals surface area contributed by atoms with Crippen LogP contribution < -0.4 is 9.47 Å². The first-order valence-electron chi connectivity index (χ1n) is 10.4. The Balaban J connectivity index is 1.86. The predicted octanol–water partition coefficient (Wildman–Crippen LogP) is 5.79. The third-order valence-corrected chi connectivity index (χ3v) is 5.17. The highest BCUT2D eigenvalue weighted by atomic mass is 19.1. The van der Waals surface area contributed by atoms with E-state index in [0.29, 0.717) is 30.2 Å². The Bertz CT molecular complexity index is 1110. The number of methoxy groups -OCH3 is 1. The Morgan fingerprint density at radius 3 is 2.50 bits per heavy atom. The fraction of sp³-hybridized carbons (Fsp3) is 0.308. The SMILES string of the molecule is COc1ccc(F)c(-c2ccc(COc3cc(CCC(=O)O)ccn3)cc2C(C)(C)C)c1. The monoisotopic (exact) mass is 437 g/mol. The molecule has 0 aliphatic heterocycles. The van der Waals surface area contributed by atoms with E-state index >= 15 is 0 Å². The van der Waals surface area contributed by atoms with Crippen molar-refractivity contribution >= 4 is 5.97 Å². The molecule has 3 aromatic rings. The van der Waals surface area contributed by atoms with Crippen LogP contribution in [-0.2, 0) is 23.2 Å². The summed E-state index contributed by atoms with van der Waals surface area (Å²) in [4.78, 5) is 15.0. The molecule has 0 aliphatic carbocycles. The molecule has 0 fully saturated rings. The summed E-state index contributed by atoms with van der Waals surface area (Å²) >= 11 is 0. The smallest absolute Gasteiger partial charge is 0.303 e. The van der Waals surface area contributed by atoms with Crippen LogP contribution in [-0.4, -0.2) is 23.2 Å². The molecule has 0 spiro atoms. The van der Waals surface area contributed by atoms with Crippen molar-refractivity contribution in [2.24, 2.45) is 0 Å². The van der Waals surface area contributed by atoms with Crippen LogP contribution in [0.5, 0.6) is 11.6 Å². The number of aryl methyl sites for hydroxylation is 1. The van der Waals surface area contributed by atoms with Crippen molar-refractivity contribution in [3.05, 3.63) is 77.2 Å². The molecule has 0 aliphatic rings. The summed E-state index contributed by atoms with van der Waals surface area (Å²) in [6, 6.07) is 14.1. The van der Waals surface area contributed by atoms with Crippen molar-refractivity contribution in [2.75, 3.05) is 7.11 Å². The number of ether oxygens (including phenoxy) is 2. The lowest BCUT2D eigenvalue weighted by molar-refractivity contribution is -0.136. The average molecular weight is 438 g/mol. The Hall–Kier alpha value is -3.41. The van der Waals surface area contributed by atoms with Gasteiger partial charge in [0.2, 0.25) is 5.88 Å². The van der Waals surface area contributed by atoms with E-state index in [-0.39, 0.29) is 17.7 Å². The minimum atomic E-state index is -0.841. The summed E-state index contributed by atoms with van der Waals surface area (Å²) in [6.07, 6.45) is 2.09. The van der Waals surface area contributed by atoms with Crippen LogP contribution in [0.4, 0.5) is 4.39 Å². The largest absolute Gasteiger partial charge is 0.497 e. The molecular weight excluding hydrogens is 409 g/mol. The maximum Gasteiger partial charge on any atom is 0.303 e. The van der Waals surface area contributed by atoms with Gasteiger partial charge in [0.15, 0.2) is 0 Å². The van der Waals surface area contributed by atoms with E-state index in [2.05, 4.69) is 25.8 Å². The van der Waals surface area contributed by atoms with Gasteiger partial charge in [0.25, 0.3) is 0 Å². The highest BCUT2D eigenvalue weighted by molar-refractivity contribution is 5.71. The second-order valence-corrected chi connectivity index (χ2v) is 8.66. The lowest BCUT2D eigenvalue weighted by Gasteiger charge is -2.24. The fourth-order valence-electron chi connectivity index (χ4n) is 3.47. The number of aliphatic carboxylic acids is 1. The zero-order valence-corrected chi connectivity index (χ0v) is 18.8. The summed E-state index contributed by atoms with van der Waals surface area (Å²) < 4.78 is 25.8. The molecule has 168 valence electrons. The first-order valence-corrected chi connectivity index (χ1v) is 10.4. The second-order valence-electron chi connectivity index (χ2n) is 8.66. The van der Waals surface area contributed by atoms with Crippen LogP contribution in [0.1, 0.15) is 43.9 Å². The third-order valence-electron chi connectivity index (χ3n) is 5.17. The summed E-state index contributed by atoms with van der Waals surface area (Å²) in [5, 5.41) is 8.86.